The summed E-state index contributed by atoms with van der Waals surface area (Å²) in [7, 11) is 1.45. The number of allylic oxidation sites excluding steroid dienone is 1. The molecule has 14 nitrogen and oxygen atoms in total. The number of nitrogens with zero attached hydrogens (tertiary/aromatic N) is 1. The number of ether oxygens (including phenoxy) is 7. The normalized spacial score (nSPS) is 23.2. The Hall–Kier alpha value is -5.09. The van der Waals surface area contributed by atoms with Gasteiger partial charge in [0, 0.05) is 27.1 Å². The minimum absolute atomic E-state index is 0.0250. The third kappa shape index (κ3) is 11.7. The van der Waals surface area contributed by atoms with Crippen molar-refractivity contribution in [2.45, 2.75) is 82.8 Å². The van der Waals surface area contributed by atoms with Gasteiger partial charge in [0.25, 0.3) is 0 Å². The lowest BCUT2D eigenvalue weighted by molar-refractivity contribution is -0.319. The third-order valence-electron chi connectivity index (χ3n) is 9.60. The minimum atomic E-state index is -1.60. The number of aliphatic hydroxyl groups excluding tert-OH is 1. The van der Waals surface area contributed by atoms with Gasteiger partial charge < -0.3 is 38.3 Å². The first-order valence-electron chi connectivity index (χ1n) is 18.8. The fraction of sp³-hybridized carbons (Fsp3) is 0.419. The molecule has 0 unspecified atom stereocenters. The average Bonchev–Trinajstić information content (AvgIpc) is 3.63. The molecule has 57 heavy (non-hydrogen) atoms. The van der Waals surface area contributed by atoms with Crippen LogP contribution in [0, 0.1) is 5.92 Å². The fourth-order valence-electron chi connectivity index (χ4n) is 6.65. The van der Waals surface area contributed by atoms with Crippen molar-refractivity contribution >= 4 is 29.5 Å². The Morgan fingerprint density at radius 2 is 1.44 bits per heavy atom. The fourth-order valence-corrected chi connectivity index (χ4v) is 6.65. The van der Waals surface area contributed by atoms with Gasteiger partial charge in [0.2, 0.25) is 5.91 Å². The van der Waals surface area contributed by atoms with Crippen molar-refractivity contribution in [3.8, 4) is 0 Å². The predicted octanol–water partition coefficient (Wildman–Crippen LogP) is 4.67. The zero-order valence-corrected chi connectivity index (χ0v) is 32.2. The number of ketones is 2. The van der Waals surface area contributed by atoms with Crippen LogP contribution in [0.1, 0.15) is 49.4 Å². The topological polar surface area (TPSA) is 173 Å². The maximum atomic E-state index is 13.6. The second-order valence-electron chi connectivity index (χ2n) is 13.7. The van der Waals surface area contributed by atoms with Gasteiger partial charge in [-0.15, -0.1) is 0 Å². The van der Waals surface area contributed by atoms with Crippen LogP contribution in [-0.4, -0.2) is 103 Å². The highest BCUT2D eigenvalue weighted by Gasteiger charge is 2.48. The lowest BCUT2D eigenvalue weighted by Gasteiger charge is -2.45. The summed E-state index contributed by atoms with van der Waals surface area (Å²) in [6.45, 7) is 2.54. The maximum absolute atomic E-state index is 13.6. The monoisotopic (exact) mass is 787 g/mol. The van der Waals surface area contributed by atoms with E-state index in [2.05, 4.69) is 0 Å². The van der Waals surface area contributed by atoms with Crippen molar-refractivity contribution in [1.82, 2.24) is 4.90 Å². The summed E-state index contributed by atoms with van der Waals surface area (Å²) in [6, 6.07) is 27.2. The number of benzene rings is 3. The SMILES string of the molecule is CO[C@H]1O[C@H](CO)[C@@H](OCc2ccccc2)[C@H](OCc2ccccc2)[C@@H]1OCCCC(=O)C=CC(=O)[C@H](OC(C)=O)[C@@H](C)C(=O)N1C(=O)OC[C@H]1c1ccccc1. The number of amides is 2. The molecule has 304 valence electrons. The molecule has 0 bridgehead atoms. The smallest absolute Gasteiger partial charge is 0.417 e. The molecule has 8 atom stereocenters. The van der Waals surface area contributed by atoms with Gasteiger partial charge >= 0.3 is 12.1 Å². The number of methoxy groups -OCH3 is 1. The number of esters is 1. The van der Waals surface area contributed by atoms with Crippen LogP contribution in [0.15, 0.2) is 103 Å². The summed E-state index contributed by atoms with van der Waals surface area (Å²) in [5.74, 6) is -4.10. The van der Waals surface area contributed by atoms with Crippen LogP contribution in [0.5, 0.6) is 0 Å². The van der Waals surface area contributed by atoms with Crippen molar-refractivity contribution in [1.29, 1.82) is 0 Å². The van der Waals surface area contributed by atoms with Crippen molar-refractivity contribution in [2.24, 2.45) is 5.92 Å². The summed E-state index contributed by atoms with van der Waals surface area (Å²) >= 11 is 0. The van der Waals surface area contributed by atoms with Crippen molar-refractivity contribution < 1.29 is 62.2 Å². The highest BCUT2D eigenvalue weighted by molar-refractivity contribution is 6.04. The first-order valence-corrected chi connectivity index (χ1v) is 18.8. The number of rotatable bonds is 20. The Morgan fingerprint density at radius 1 is 0.842 bits per heavy atom. The molecule has 2 saturated heterocycles. The number of aliphatic hydroxyl groups is 1. The lowest BCUT2D eigenvalue weighted by Crippen LogP contribution is -2.61. The van der Waals surface area contributed by atoms with Gasteiger partial charge in [0.1, 0.15) is 37.1 Å². The van der Waals surface area contributed by atoms with E-state index >= 15 is 0 Å². The van der Waals surface area contributed by atoms with Gasteiger partial charge in [0.15, 0.2) is 24.0 Å². The molecule has 2 heterocycles. The quantitative estimate of drug-likeness (QED) is 0.0952. The van der Waals surface area contributed by atoms with Crippen molar-refractivity contribution in [2.75, 3.05) is 26.9 Å². The number of carbonyl (C=O) groups is 5. The zero-order chi connectivity index (χ0) is 40.7. The molecule has 2 aliphatic heterocycles. The second-order valence-corrected chi connectivity index (χ2v) is 13.7. The largest absolute Gasteiger partial charge is 0.453 e. The number of cyclic esters (lactones) is 1. The van der Waals surface area contributed by atoms with Crippen LogP contribution in [0.25, 0.3) is 0 Å². The summed E-state index contributed by atoms with van der Waals surface area (Å²) in [5, 5.41) is 10.3. The van der Waals surface area contributed by atoms with E-state index in [1.807, 2.05) is 60.7 Å². The van der Waals surface area contributed by atoms with E-state index in [1.165, 1.54) is 14.0 Å². The Kier molecular flexibility index (Phi) is 16.2. The van der Waals surface area contributed by atoms with Crippen molar-refractivity contribution in [3.05, 3.63) is 120 Å². The van der Waals surface area contributed by atoms with Gasteiger partial charge in [0.05, 0.1) is 25.7 Å². The zero-order valence-electron chi connectivity index (χ0n) is 32.2. The second kappa shape index (κ2) is 21.4. The van der Waals surface area contributed by atoms with Gasteiger partial charge in [-0.3, -0.25) is 19.2 Å². The molecular weight excluding hydrogens is 738 g/mol. The van der Waals surface area contributed by atoms with E-state index in [1.54, 1.807) is 30.3 Å². The van der Waals surface area contributed by atoms with Crippen LogP contribution >= 0.6 is 0 Å². The first kappa shape index (κ1) is 43.0. The van der Waals surface area contributed by atoms with Crippen LogP contribution in [0.2, 0.25) is 0 Å². The predicted molar refractivity (Wildman–Crippen MR) is 203 cm³/mol. The number of imide groups is 1. The molecule has 5 rings (SSSR count). The average molecular weight is 788 g/mol. The van der Waals surface area contributed by atoms with E-state index in [4.69, 9.17) is 33.2 Å². The highest BCUT2D eigenvalue weighted by Crippen LogP contribution is 2.32. The van der Waals surface area contributed by atoms with Crippen LogP contribution in [-0.2, 0) is 65.5 Å². The Labute approximate surface area is 331 Å². The molecule has 14 heteroatoms. The molecular formula is C43H49NO13. The molecule has 3 aromatic carbocycles. The number of carbonyl (C=O) groups excluding carboxylic acids is 5. The number of hydrogen-bond acceptors (Lipinski definition) is 13. The van der Waals surface area contributed by atoms with E-state index in [9.17, 15) is 29.1 Å². The third-order valence-corrected chi connectivity index (χ3v) is 9.60. The number of hydrogen-bond donors (Lipinski definition) is 1. The molecule has 2 fully saturated rings. The van der Waals surface area contributed by atoms with Gasteiger partial charge in [-0.25, -0.2) is 9.69 Å². The summed E-state index contributed by atoms with van der Waals surface area (Å²) in [6.07, 6.45) is -4.27. The molecule has 0 aliphatic carbocycles. The summed E-state index contributed by atoms with van der Waals surface area (Å²) in [4.78, 5) is 65.4. The Bertz CT molecular complexity index is 1810. The highest BCUT2D eigenvalue weighted by atomic mass is 16.7. The molecule has 3 aromatic rings. The van der Waals surface area contributed by atoms with E-state index < -0.39 is 78.3 Å². The van der Waals surface area contributed by atoms with Crippen molar-refractivity contribution in [3.63, 3.8) is 0 Å². The van der Waals surface area contributed by atoms with Gasteiger partial charge in [-0.1, -0.05) is 91.0 Å². The van der Waals surface area contributed by atoms with Crippen LogP contribution in [0.3, 0.4) is 0 Å². The molecule has 2 amide bonds. The standard InChI is InChI=1S/C43H49NO13/c1-28(41(49)44-34(27-55-43(44)50)32-18-11-6-12-19-32)37(56-29(2)46)35(48)22-21-33(47)20-13-23-52-40-39(54-26-31-16-9-5-10-17-31)38(36(24-45)57-42(40)51-3)53-25-30-14-7-4-8-15-30/h4-12,14-19,21-22,28,34,36-40,42,45H,13,20,23-27H2,1-3H3/t28-,34+,36-,37-,38-,39+,40+,42+/m1/s1. The van der Waals surface area contributed by atoms with Crippen LogP contribution in [0.4, 0.5) is 4.79 Å². The maximum Gasteiger partial charge on any atom is 0.417 e. The molecule has 0 radical (unpaired) electrons. The van der Waals surface area contributed by atoms with Gasteiger partial charge in [-0.05, 0) is 42.2 Å². The van der Waals surface area contributed by atoms with Gasteiger partial charge in [-0.2, -0.15) is 0 Å². The molecule has 2 aliphatic rings. The van der Waals surface area contributed by atoms with Crippen LogP contribution < -0.4 is 0 Å². The van der Waals surface area contributed by atoms with E-state index in [0.717, 1.165) is 35.1 Å². The summed E-state index contributed by atoms with van der Waals surface area (Å²) in [5.41, 5.74) is 2.49. The molecule has 0 spiro atoms. The van der Waals surface area contributed by atoms with E-state index in [-0.39, 0.29) is 45.9 Å². The molecule has 0 aromatic heterocycles. The Balaban J connectivity index is 1.21. The molecule has 1 N–H and O–H groups in total. The van der Waals surface area contributed by atoms with E-state index in [0.29, 0.717) is 5.56 Å². The Morgan fingerprint density at radius 3 is 2.02 bits per heavy atom. The lowest BCUT2D eigenvalue weighted by atomic mass is 9.97. The minimum Gasteiger partial charge on any atom is -0.453 e. The first-order chi connectivity index (χ1) is 27.6. The summed E-state index contributed by atoms with van der Waals surface area (Å²) < 4.78 is 41.1. The molecule has 0 saturated carbocycles.